The zero-order valence-corrected chi connectivity index (χ0v) is 67.3. The van der Waals surface area contributed by atoms with Gasteiger partial charge in [0.2, 0.25) is 17.8 Å². The number of nitrogen functional groups attached to an aromatic ring is 4. The molecule has 25 nitrogen and oxygen atoms in total. The van der Waals surface area contributed by atoms with Crippen LogP contribution in [-0.4, -0.2) is 115 Å². The predicted molar refractivity (Wildman–Crippen MR) is 430 cm³/mol. The standard InChI is InChI=1S/C19H18N2O3S.C18H14ClFN2O3S.C17H15BrN2O3S2.C17H13F3N2O2S.2C2HF3O2.CH2O2/c1-19(18(22)23-2,13-6-4-3-5-7-13)24-14-9-8-12-10-16(17(20)21)25-15(12)11-14;1-24-18(23)16(10-3-5-13(20)12(19)6-10)25-11-4-2-9-7-15(17(21)22)26-14(9)8-11;1-2-22-17(21)15(11-5-6-14(18)25-11)23-10-4-3-9-7-13(16(19)20)24-12(9)8-10;18-17(19,20)24-12-4-1-10(2-5-12)9-23-13-6-3-11-7-15(16(21)22)25-14(11)8-13;2*3-2(4,5)1(6)7;2-1-3/h3-11H,1-2H3,(H3,20,21);2-8,16H,1H3,(H3,21,22);3-8,15H,2H2,1H3,(H3,19,20);1-8H,9H2,(H3,21,22);2*(H,6,7);1H,(H,2,3). The van der Waals surface area contributed by atoms with E-state index in [1.165, 1.54) is 113 Å². The van der Waals surface area contributed by atoms with Gasteiger partial charge in [0.1, 0.15) is 64.5 Å². The molecule has 118 heavy (non-hydrogen) atoms. The van der Waals surface area contributed by atoms with Crippen LogP contribution >= 0.6 is 84.2 Å². The number of thiophene rings is 5. The summed E-state index contributed by atoms with van der Waals surface area (Å²) in [5.41, 5.74) is 22.6. The molecule has 0 saturated heterocycles. The lowest BCUT2D eigenvalue weighted by molar-refractivity contribution is -0.274. The maximum Gasteiger partial charge on any atom is 0.573 e. The first kappa shape index (κ1) is 94.7. The van der Waals surface area contributed by atoms with Crippen LogP contribution in [0.15, 0.2) is 186 Å². The fraction of sp³-hybridized carbons (Fsp3) is 0.158. The highest BCUT2D eigenvalue weighted by Gasteiger charge is 2.41. The van der Waals surface area contributed by atoms with Crippen LogP contribution in [0, 0.1) is 27.5 Å². The van der Waals surface area contributed by atoms with Gasteiger partial charge in [-0.3, -0.25) is 26.4 Å². The number of nitrogens with one attached hydrogen (secondary N) is 4. The van der Waals surface area contributed by atoms with Crippen molar-refractivity contribution >= 4 is 184 Å². The van der Waals surface area contributed by atoms with Gasteiger partial charge in [0.15, 0.2) is 0 Å². The van der Waals surface area contributed by atoms with E-state index in [4.69, 9.17) is 119 Å². The summed E-state index contributed by atoms with van der Waals surface area (Å²) in [5, 5.41) is 54.9. The molecule has 624 valence electrons. The molecule has 0 aliphatic heterocycles. The van der Waals surface area contributed by atoms with E-state index in [1.54, 1.807) is 50.2 Å². The number of aliphatic carboxylic acids is 2. The van der Waals surface area contributed by atoms with E-state index in [0.29, 0.717) is 59.2 Å². The van der Waals surface area contributed by atoms with Crippen LogP contribution in [0.2, 0.25) is 5.02 Å². The maximum atomic E-state index is 13.4. The molecule has 12 rings (SSSR count). The number of benzene rings is 7. The van der Waals surface area contributed by atoms with Crippen LogP contribution in [0.1, 0.15) is 67.1 Å². The summed E-state index contributed by atoms with van der Waals surface area (Å²) in [6.07, 6.45) is -16.8. The Morgan fingerprint density at radius 3 is 1.29 bits per heavy atom. The lowest BCUT2D eigenvalue weighted by atomic mass is 9.95. The van der Waals surface area contributed by atoms with Crippen LogP contribution in [0.4, 0.5) is 43.9 Å². The van der Waals surface area contributed by atoms with Gasteiger partial charge in [0.25, 0.3) is 6.47 Å². The highest BCUT2D eigenvalue weighted by atomic mass is 79.9. The van der Waals surface area contributed by atoms with E-state index in [0.717, 1.165) is 49.0 Å². The summed E-state index contributed by atoms with van der Waals surface area (Å²) < 4.78 is 160. The molecule has 0 aliphatic carbocycles. The molecule has 0 radical (unpaired) electrons. The van der Waals surface area contributed by atoms with Gasteiger partial charge in [0, 0.05) is 29.9 Å². The summed E-state index contributed by atoms with van der Waals surface area (Å²) in [6.45, 7) is 3.70. The molecule has 0 bridgehead atoms. The predicted octanol–water partition coefficient (Wildman–Crippen LogP) is 18.2. The zero-order chi connectivity index (χ0) is 87.7. The second-order valence-electron chi connectivity index (χ2n) is 23.2. The van der Waals surface area contributed by atoms with Crippen molar-refractivity contribution < 1.29 is 126 Å². The summed E-state index contributed by atoms with van der Waals surface area (Å²) >= 11 is 16.2. The maximum absolute atomic E-state index is 13.4. The SMILES string of the molecule is CCOC(=O)C(Oc1ccc2cc(C(=N)N)sc2c1)c1ccc(Br)s1.COC(=O)C(C)(Oc1ccc2cc(C(=N)N)sc2c1)c1ccccc1.COC(=O)C(Oc1ccc2cc(C(=N)N)sc2c1)c1ccc(F)c(Cl)c1.N=C(N)c1cc2ccc(OCc3ccc(OC(F)(F)F)cc3)cc2s1.O=C(O)C(F)(F)F.O=C(O)C(F)(F)F.O=CO. The number of halogens is 12. The molecule has 5 aromatic heterocycles. The van der Waals surface area contributed by atoms with Gasteiger partial charge in [-0.25, -0.2) is 28.4 Å². The smallest absolute Gasteiger partial charge is 0.489 e. The van der Waals surface area contributed by atoms with Crippen molar-refractivity contribution in [3.8, 4) is 28.7 Å². The topological polar surface area (TPSA) is 436 Å². The summed E-state index contributed by atoms with van der Waals surface area (Å²) in [7, 11) is 2.58. The molecule has 0 aliphatic rings. The first-order chi connectivity index (χ1) is 55.4. The van der Waals surface area contributed by atoms with E-state index in [9.17, 15) is 58.3 Å². The molecule has 5 heterocycles. The van der Waals surface area contributed by atoms with Gasteiger partial charge < -0.3 is 76.1 Å². The third-order valence-corrected chi connectivity index (χ3v) is 21.3. The monoisotopic (exact) mass is 1820 g/mol. The lowest BCUT2D eigenvalue weighted by Crippen LogP contribution is -2.39. The number of carbonyl (C=O) groups excluding carboxylic acids is 3. The molecular formula is C76H64BrClF10N8O17S5. The van der Waals surface area contributed by atoms with E-state index in [1.807, 2.05) is 103 Å². The second kappa shape index (κ2) is 42.6. The number of fused-ring (bicyclic) bond motifs is 4. The van der Waals surface area contributed by atoms with Crippen molar-refractivity contribution in [1.29, 1.82) is 21.6 Å². The second-order valence-corrected chi connectivity index (χ2v) is 30.4. The molecule has 42 heteroatoms. The number of nitrogens with two attached hydrogens (primary N) is 4. The van der Waals surface area contributed by atoms with Crippen molar-refractivity contribution in [3.63, 3.8) is 0 Å². The minimum atomic E-state index is -5.08. The average molecular weight is 1830 g/mol. The van der Waals surface area contributed by atoms with Gasteiger partial charge >= 0.3 is 48.6 Å². The summed E-state index contributed by atoms with van der Waals surface area (Å²) in [4.78, 5) is 66.5. The van der Waals surface area contributed by atoms with E-state index in [2.05, 4.69) is 20.7 Å². The van der Waals surface area contributed by atoms with Gasteiger partial charge in [-0.05, 0) is 190 Å². The first-order valence-electron chi connectivity index (χ1n) is 32.7. The number of esters is 3. The normalized spacial score (nSPS) is 11.9. The average Bonchev–Trinajstić information content (AvgIpc) is 1.34. The van der Waals surface area contributed by atoms with Gasteiger partial charge in [0.05, 0.1) is 54.0 Å². The molecular weight excluding hydrogens is 1760 g/mol. The fourth-order valence-corrected chi connectivity index (χ4v) is 14.9. The minimum absolute atomic E-state index is 0.0120. The Morgan fingerprint density at radius 1 is 0.517 bits per heavy atom. The molecule has 0 spiro atoms. The fourth-order valence-electron chi connectivity index (χ4n) is 9.45. The van der Waals surface area contributed by atoms with Crippen molar-refractivity contribution in [1.82, 2.24) is 0 Å². The summed E-state index contributed by atoms with van der Waals surface area (Å²) in [5.74, 6) is -5.68. The van der Waals surface area contributed by atoms with Crippen molar-refractivity contribution in [2.75, 3.05) is 20.8 Å². The Labute approximate surface area is 694 Å². The molecule has 15 N–H and O–H groups in total. The van der Waals surface area contributed by atoms with E-state index in [-0.39, 0.29) is 53.8 Å². The van der Waals surface area contributed by atoms with Crippen molar-refractivity contribution in [2.45, 2.75) is 57.0 Å². The number of alkyl halides is 9. The number of carbonyl (C=O) groups is 6. The van der Waals surface area contributed by atoms with Gasteiger partial charge in [-0.1, -0.05) is 60.1 Å². The Bertz CT molecular complexity index is 5550. The Morgan fingerprint density at radius 2 is 0.915 bits per heavy atom. The lowest BCUT2D eigenvalue weighted by Gasteiger charge is -2.28. The van der Waals surface area contributed by atoms with Crippen LogP contribution in [0.25, 0.3) is 40.3 Å². The molecule has 12 aromatic rings. The molecule has 3 unspecified atom stereocenters. The van der Waals surface area contributed by atoms with Crippen LogP contribution in [-0.2, 0) is 55.2 Å². The Balaban J connectivity index is 0.000000229. The van der Waals surface area contributed by atoms with Crippen LogP contribution in [0.5, 0.6) is 28.7 Å². The van der Waals surface area contributed by atoms with Gasteiger partial charge in [-0.15, -0.1) is 69.9 Å². The molecule has 0 fully saturated rings. The number of ether oxygens (including phenoxy) is 8. The number of hydrogen-bond acceptors (Lipinski definition) is 23. The first-order valence-corrected chi connectivity index (χ1v) is 37.9. The van der Waals surface area contributed by atoms with Crippen molar-refractivity contribution in [2.24, 2.45) is 22.9 Å². The highest BCUT2D eigenvalue weighted by molar-refractivity contribution is 9.11. The van der Waals surface area contributed by atoms with Crippen molar-refractivity contribution in [3.05, 3.63) is 238 Å². The minimum Gasteiger partial charge on any atom is -0.489 e. The third kappa shape index (κ3) is 28.1. The van der Waals surface area contributed by atoms with E-state index >= 15 is 0 Å². The number of hydrogen-bond donors (Lipinski definition) is 11. The quantitative estimate of drug-likeness (QED) is 0.00795. The summed E-state index contributed by atoms with van der Waals surface area (Å²) in [6, 6.07) is 51.6. The Kier molecular flexibility index (Phi) is 34.2. The van der Waals surface area contributed by atoms with E-state index < -0.39 is 72.2 Å². The van der Waals surface area contributed by atoms with Crippen LogP contribution in [0.3, 0.4) is 0 Å². The number of amidine groups is 4. The van der Waals surface area contributed by atoms with Gasteiger partial charge in [-0.2, -0.15) is 26.3 Å². The van der Waals surface area contributed by atoms with Crippen LogP contribution < -0.4 is 46.6 Å². The largest absolute Gasteiger partial charge is 0.573 e. The molecule has 7 aromatic carbocycles. The number of rotatable bonds is 21. The molecule has 0 saturated carbocycles. The number of methoxy groups -OCH3 is 2. The number of carboxylic acid groups (broad SMARTS) is 3. The molecule has 3 atom stereocenters. The third-order valence-electron chi connectivity index (χ3n) is 14.8. The Hall–Kier alpha value is -12.2. The number of carboxylic acids is 2. The zero-order valence-electron chi connectivity index (χ0n) is 60.9. The highest BCUT2D eigenvalue weighted by Crippen LogP contribution is 2.39. The molecule has 0 amide bonds.